The Morgan fingerprint density at radius 1 is 1.24 bits per heavy atom. The number of hydrazone groups is 1. The molecule has 0 aromatic carbocycles. The Hall–Kier alpha value is -0.650. The zero-order valence-corrected chi connectivity index (χ0v) is 11.4. The molecular formula is C12H25N3O2. The number of ether oxygens (including phenoxy) is 2. The summed E-state index contributed by atoms with van der Waals surface area (Å²) in [6.07, 6.45) is 4.00. The highest BCUT2D eigenvalue weighted by Crippen LogP contribution is 2.14. The molecule has 5 heteroatoms. The fourth-order valence-corrected chi connectivity index (χ4v) is 1.83. The molecule has 1 saturated heterocycles. The standard InChI is InChI=1S/C12H25N3O2/c1-14(2)10-11(9-13-15(3)4)5-6-12-16-7-8-17-12/h9,11-12H,5-8,10H2,1-4H3/b13-9+. The average Bonchev–Trinajstić information content (AvgIpc) is 2.74. The van der Waals surface area contributed by atoms with Crippen molar-refractivity contribution in [1.29, 1.82) is 0 Å². The molecule has 0 radical (unpaired) electrons. The van der Waals surface area contributed by atoms with Crippen LogP contribution in [0.3, 0.4) is 0 Å². The molecule has 1 unspecified atom stereocenters. The largest absolute Gasteiger partial charge is 0.350 e. The number of nitrogens with zero attached hydrogens (tertiary/aromatic N) is 3. The van der Waals surface area contributed by atoms with Crippen LogP contribution in [0.1, 0.15) is 12.8 Å². The molecule has 0 saturated carbocycles. The summed E-state index contributed by atoms with van der Waals surface area (Å²) in [4.78, 5) is 2.18. The van der Waals surface area contributed by atoms with E-state index in [1.54, 1.807) is 0 Å². The van der Waals surface area contributed by atoms with Gasteiger partial charge in [-0.25, -0.2) is 0 Å². The Morgan fingerprint density at radius 3 is 2.41 bits per heavy atom. The van der Waals surface area contributed by atoms with Gasteiger partial charge >= 0.3 is 0 Å². The molecule has 0 bridgehead atoms. The zero-order chi connectivity index (χ0) is 12.7. The van der Waals surface area contributed by atoms with Crippen molar-refractivity contribution in [1.82, 2.24) is 9.91 Å². The van der Waals surface area contributed by atoms with Crippen LogP contribution in [0.5, 0.6) is 0 Å². The second kappa shape index (κ2) is 7.63. The molecule has 1 atom stereocenters. The van der Waals surface area contributed by atoms with E-state index in [4.69, 9.17) is 9.47 Å². The van der Waals surface area contributed by atoms with E-state index in [1.807, 2.05) is 25.3 Å². The van der Waals surface area contributed by atoms with Crippen molar-refractivity contribution >= 4 is 6.21 Å². The van der Waals surface area contributed by atoms with E-state index in [1.165, 1.54) is 0 Å². The first-order valence-electron chi connectivity index (χ1n) is 6.17. The second-order valence-corrected chi connectivity index (χ2v) is 4.88. The molecule has 5 nitrogen and oxygen atoms in total. The summed E-state index contributed by atoms with van der Waals surface area (Å²) in [7, 11) is 8.04. The van der Waals surface area contributed by atoms with Crippen LogP contribution >= 0.6 is 0 Å². The van der Waals surface area contributed by atoms with Crippen molar-refractivity contribution in [3.8, 4) is 0 Å². The Morgan fingerprint density at radius 2 is 1.88 bits per heavy atom. The molecule has 100 valence electrons. The summed E-state index contributed by atoms with van der Waals surface area (Å²) in [5, 5.41) is 6.15. The van der Waals surface area contributed by atoms with Gasteiger partial charge in [-0.3, -0.25) is 0 Å². The van der Waals surface area contributed by atoms with Gasteiger partial charge in [0.25, 0.3) is 0 Å². The summed E-state index contributed by atoms with van der Waals surface area (Å²) in [5.41, 5.74) is 0. The molecule has 0 aliphatic carbocycles. The molecule has 17 heavy (non-hydrogen) atoms. The number of hydrogen-bond acceptors (Lipinski definition) is 5. The van der Waals surface area contributed by atoms with Gasteiger partial charge in [0.1, 0.15) is 0 Å². The Bertz CT molecular complexity index is 226. The van der Waals surface area contributed by atoms with Gasteiger partial charge in [-0.15, -0.1) is 0 Å². The van der Waals surface area contributed by atoms with Gasteiger partial charge in [0.15, 0.2) is 6.29 Å². The maximum atomic E-state index is 5.44. The molecule has 1 rings (SSSR count). The predicted octanol–water partition coefficient (Wildman–Crippen LogP) is 0.865. The summed E-state index contributed by atoms with van der Waals surface area (Å²) in [6.45, 7) is 2.47. The highest BCUT2D eigenvalue weighted by molar-refractivity contribution is 5.60. The minimum atomic E-state index is -0.00702. The van der Waals surface area contributed by atoms with Crippen LogP contribution in [0.2, 0.25) is 0 Å². The van der Waals surface area contributed by atoms with Crippen molar-refractivity contribution in [3.05, 3.63) is 0 Å². The van der Waals surface area contributed by atoms with Crippen LogP contribution in [0.25, 0.3) is 0 Å². The molecule has 1 aliphatic heterocycles. The number of rotatable bonds is 7. The third-order valence-corrected chi connectivity index (χ3v) is 2.57. The fraction of sp³-hybridized carbons (Fsp3) is 0.917. The summed E-state index contributed by atoms with van der Waals surface area (Å²) < 4.78 is 10.9. The lowest BCUT2D eigenvalue weighted by molar-refractivity contribution is -0.0491. The summed E-state index contributed by atoms with van der Waals surface area (Å²) in [6, 6.07) is 0. The van der Waals surface area contributed by atoms with Crippen LogP contribution in [0.15, 0.2) is 5.10 Å². The molecule has 1 aliphatic rings. The van der Waals surface area contributed by atoms with E-state index in [-0.39, 0.29) is 6.29 Å². The van der Waals surface area contributed by atoms with Crippen molar-refractivity contribution in [2.75, 3.05) is 47.9 Å². The van der Waals surface area contributed by atoms with Crippen LogP contribution < -0.4 is 0 Å². The maximum absolute atomic E-state index is 5.44. The molecule has 0 amide bonds. The maximum Gasteiger partial charge on any atom is 0.157 e. The quantitative estimate of drug-likeness (QED) is 0.491. The van der Waals surface area contributed by atoms with E-state index in [9.17, 15) is 0 Å². The summed E-state index contributed by atoms with van der Waals surface area (Å²) in [5.74, 6) is 0.445. The van der Waals surface area contributed by atoms with Gasteiger partial charge < -0.3 is 19.4 Å². The van der Waals surface area contributed by atoms with Crippen LogP contribution in [0.4, 0.5) is 0 Å². The minimum Gasteiger partial charge on any atom is -0.350 e. The van der Waals surface area contributed by atoms with Crippen molar-refractivity contribution in [2.45, 2.75) is 19.1 Å². The fourth-order valence-electron chi connectivity index (χ4n) is 1.83. The monoisotopic (exact) mass is 243 g/mol. The van der Waals surface area contributed by atoms with Crippen molar-refractivity contribution in [3.63, 3.8) is 0 Å². The van der Waals surface area contributed by atoms with Gasteiger partial charge in [0.2, 0.25) is 0 Å². The summed E-state index contributed by atoms with van der Waals surface area (Å²) >= 11 is 0. The van der Waals surface area contributed by atoms with E-state index < -0.39 is 0 Å². The molecule has 0 aromatic rings. The molecule has 0 N–H and O–H groups in total. The number of hydrogen-bond donors (Lipinski definition) is 0. The Balaban J connectivity index is 2.33. The van der Waals surface area contributed by atoms with Crippen LogP contribution in [0, 0.1) is 5.92 Å². The lowest BCUT2D eigenvalue weighted by atomic mass is 10.0. The SMILES string of the molecule is CN(C)CC(/C=N/N(C)C)CCC1OCCO1. The Kier molecular flexibility index (Phi) is 6.47. The Labute approximate surface area is 104 Å². The molecule has 1 heterocycles. The first kappa shape index (κ1) is 14.4. The van der Waals surface area contributed by atoms with Gasteiger partial charge in [0.05, 0.1) is 13.2 Å². The third kappa shape index (κ3) is 6.61. The average molecular weight is 243 g/mol. The normalized spacial score (nSPS) is 19.4. The smallest absolute Gasteiger partial charge is 0.157 e. The molecule has 1 fully saturated rings. The van der Waals surface area contributed by atoms with Gasteiger partial charge in [-0.2, -0.15) is 5.10 Å². The third-order valence-electron chi connectivity index (χ3n) is 2.57. The van der Waals surface area contributed by atoms with Gasteiger partial charge in [-0.05, 0) is 26.9 Å². The lowest BCUT2D eigenvalue weighted by Crippen LogP contribution is -2.24. The van der Waals surface area contributed by atoms with Gasteiger partial charge in [0, 0.05) is 32.8 Å². The highest BCUT2D eigenvalue weighted by atomic mass is 16.7. The highest BCUT2D eigenvalue weighted by Gasteiger charge is 2.18. The van der Waals surface area contributed by atoms with Gasteiger partial charge in [-0.1, -0.05) is 0 Å². The van der Waals surface area contributed by atoms with Crippen molar-refractivity contribution in [2.24, 2.45) is 11.0 Å². The first-order valence-corrected chi connectivity index (χ1v) is 6.17. The van der Waals surface area contributed by atoms with Crippen molar-refractivity contribution < 1.29 is 9.47 Å². The van der Waals surface area contributed by atoms with E-state index in [0.717, 1.165) is 32.6 Å². The van der Waals surface area contributed by atoms with E-state index in [2.05, 4.69) is 24.1 Å². The lowest BCUT2D eigenvalue weighted by Gasteiger charge is -2.19. The zero-order valence-electron chi connectivity index (χ0n) is 11.4. The second-order valence-electron chi connectivity index (χ2n) is 4.88. The topological polar surface area (TPSA) is 37.3 Å². The van der Waals surface area contributed by atoms with E-state index >= 15 is 0 Å². The molecule has 0 spiro atoms. The molecule has 0 aromatic heterocycles. The predicted molar refractivity (Wildman–Crippen MR) is 69.1 cm³/mol. The minimum absolute atomic E-state index is 0.00702. The van der Waals surface area contributed by atoms with E-state index in [0.29, 0.717) is 5.92 Å². The molecular weight excluding hydrogens is 218 g/mol. The van der Waals surface area contributed by atoms with Crippen LogP contribution in [-0.4, -0.2) is 70.4 Å². The first-order chi connectivity index (χ1) is 8.08. The van der Waals surface area contributed by atoms with Crippen LogP contribution in [-0.2, 0) is 9.47 Å².